The second kappa shape index (κ2) is 9.58. The molecule has 2 fully saturated rings. The molecule has 0 radical (unpaired) electrons. The number of aliphatic hydroxyl groups is 3. The van der Waals surface area contributed by atoms with E-state index in [1.807, 2.05) is 0 Å². The van der Waals surface area contributed by atoms with Crippen molar-refractivity contribution in [1.29, 1.82) is 0 Å². The molecule has 7 heteroatoms. The fourth-order valence-corrected chi connectivity index (χ4v) is 4.67. The molecular weight excluding hydrogens is 380 g/mol. The summed E-state index contributed by atoms with van der Waals surface area (Å²) in [6.45, 7) is 8.91. The lowest BCUT2D eigenvalue weighted by Crippen LogP contribution is -2.48. The monoisotopic (exact) mass is 414 g/mol. The van der Waals surface area contributed by atoms with Crippen molar-refractivity contribution in [2.75, 3.05) is 63.9 Å². The molecule has 30 heavy (non-hydrogen) atoms. The smallest absolute Gasteiger partial charge is 0.133 e. The predicted octanol–water partition coefficient (Wildman–Crippen LogP) is 0.833. The van der Waals surface area contributed by atoms with Crippen LogP contribution in [0.25, 0.3) is 10.9 Å². The number of benzene rings is 1. The zero-order chi connectivity index (χ0) is 21.1. The van der Waals surface area contributed by atoms with Crippen molar-refractivity contribution in [3.63, 3.8) is 0 Å². The van der Waals surface area contributed by atoms with Crippen molar-refractivity contribution in [3.8, 4) is 0 Å². The molecule has 0 aliphatic carbocycles. The van der Waals surface area contributed by atoms with Gasteiger partial charge in [0.15, 0.2) is 0 Å². The molecule has 2 aliphatic rings. The van der Waals surface area contributed by atoms with E-state index in [1.54, 1.807) is 0 Å². The highest BCUT2D eigenvalue weighted by molar-refractivity contribution is 5.82. The Morgan fingerprint density at radius 1 is 1.03 bits per heavy atom. The van der Waals surface area contributed by atoms with Gasteiger partial charge < -0.3 is 20.2 Å². The molecule has 0 unspecified atom stereocenters. The summed E-state index contributed by atoms with van der Waals surface area (Å²) in [5.41, 5.74) is 3.41. The quantitative estimate of drug-likeness (QED) is 0.646. The van der Waals surface area contributed by atoms with Gasteiger partial charge in [0.05, 0.1) is 18.2 Å². The third-order valence-electron chi connectivity index (χ3n) is 6.55. The number of piperidine rings is 1. The first kappa shape index (κ1) is 21.5. The summed E-state index contributed by atoms with van der Waals surface area (Å²) in [7, 11) is 0. The number of β-amino-alcohol motifs (C(OH)–C–C–N with tert-alkyl or cyclic N) is 2. The number of likely N-dealkylation sites (tertiary alicyclic amines) is 1. The number of fused-ring (bicyclic) bond motifs is 1. The second-order valence-corrected chi connectivity index (χ2v) is 8.75. The largest absolute Gasteiger partial charge is 0.396 e. The third kappa shape index (κ3) is 4.76. The summed E-state index contributed by atoms with van der Waals surface area (Å²) < 4.78 is 0. The zero-order valence-electron chi connectivity index (χ0n) is 17.9. The number of hydrogen-bond acceptors (Lipinski definition) is 7. The fourth-order valence-electron chi connectivity index (χ4n) is 4.67. The molecule has 2 aromatic rings. The van der Waals surface area contributed by atoms with Crippen LogP contribution in [0.1, 0.15) is 17.5 Å². The Morgan fingerprint density at radius 3 is 2.53 bits per heavy atom. The van der Waals surface area contributed by atoms with Crippen molar-refractivity contribution in [1.82, 2.24) is 14.8 Å². The Hall–Kier alpha value is -1.77. The van der Waals surface area contributed by atoms with Crippen molar-refractivity contribution < 1.29 is 15.3 Å². The van der Waals surface area contributed by atoms with E-state index >= 15 is 0 Å². The Bertz CT molecular complexity index is 854. The van der Waals surface area contributed by atoms with Gasteiger partial charge in [0.2, 0.25) is 0 Å². The number of rotatable bonds is 6. The van der Waals surface area contributed by atoms with Crippen LogP contribution in [0.15, 0.2) is 24.3 Å². The van der Waals surface area contributed by atoms with E-state index in [2.05, 4.69) is 45.9 Å². The van der Waals surface area contributed by atoms with E-state index in [1.165, 1.54) is 11.1 Å². The van der Waals surface area contributed by atoms with E-state index in [-0.39, 0.29) is 19.1 Å². The van der Waals surface area contributed by atoms with Crippen LogP contribution in [-0.2, 0) is 6.54 Å². The Balaban J connectivity index is 1.59. The SMILES string of the molecule is Cc1ccc2cc(CN3CC[C@H](CO)[C@H](O)C3)c(N3CCN(CCO)CC3)nc2c1. The molecule has 3 N–H and O–H groups in total. The maximum atomic E-state index is 10.4. The van der Waals surface area contributed by atoms with E-state index in [0.717, 1.165) is 69.0 Å². The van der Waals surface area contributed by atoms with Gasteiger partial charge in [-0.3, -0.25) is 9.80 Å². The standard InChI is InChI=1S/C23H34N4O3/c1-17-2-3-18-13-20(14-26-5-4-19(16-29)22(30)15-26)23(24-21(18)12-17)27-8-6-25(7-9-27)10-11-28/h2-3,12-13,19,22,28-30H,4-11,14-16H2,1H3/t19-,22-/m1/s1. The summed E-state index contributed by atoms with van der Waals surface area (Å²) in [4.78, 5) is 12.0. The van der Waals surface area contributed by atoms with E-state index in [0.29, 0.717) is 6.54 Å². The minimum Gasteiger partial charge on any atom is -0.396 e. The summed E-state index contributed by atoms with van der Waals surface area (Å²) in [6, 6.07) is 8.65. The van der Waals surface area contributed by atoms with Crippen LogP contribution in [-0.4, -0.2) is 95.2 Å². The molecule has 4 rings (SSSR count). The molecule has 0 amide bonds. The number of hydrogen-bond donors (Lipinski definition) is 3. The van der Waals surface area contributed by atoms with E-state index in [9.17, 15) is 15.3 Å². The highest BCUT2D eigenvalue weighted by Crippen LogP contribution is 2.28. The van der Waals surface area contributed by atoms with Gasteiger partial charge in [0, 0.05) is 69.3 Å². The minimum absolute atomic E-state index is 0.0157. The molecular formula is C23H34N4O3. The van der Waals surface area contributed by atoms with Crippen molar-refractivity contribution in [3.05, 3.63) is 35.4 Å². The van der Waals surface area contributed by atoms with Crippen LogP contribution < -0.4 is 4.90 Å². The highest BCUT2D eigenvalue weighted by atomic mass is 16.3. The van der Waals surface area contributed by atoms with Crippen LogP contribution in [0.2, 0.25) is 0 Å². The lowest BCUT2D eigenvalue weighted by Gasteiger charge is -2.38. The minimum atomic E-state index is -0.481. The third-order valence-corrected chi connectivity index (χ3v) is 6.55. The number of aliphatic hydroxyl groups excluding tert-OH is 3. The summed E-state index contributed by atoms with van der Waals surface area (Å²) >= 11 is 0. The van der Waals surface area contributed by atoms with Crippen molar-refractivity contribution in [2.24, 2.45) is 5.92 Å². The number of anilines is 1. The Labute approximate surface area is 178 Å². The van der Waals surface area contributed by atoms with Crippen molar-refractivity contribution >= 4 is 16.7 Å². The first-order chi connectivity index (χ1) is 14.6. The van der Waals surface area contributed by atoms with Crippen LogP contribution >= 0.6 is 0 Å². The Kier molecular flexibility index (Phi) is 6.85. The number of nitrogens with zero attached hydrogens (tertiary/aromatic N) is 4. The van der Waals surface area contributed by atoms with Gasteiger partial charge in [-0.1, -0.05) is 12.1 Å². The van der Waals surface area contributed by atoms with Crippen LogP contribution in [0.3, 0.4) is 0 Å². The van der Waals surface area contributed by atoms with E-state index in [4.69, 9.17) is 4.98 Å². The highest BCUT2D eigenvalue weighted by Gasteiger charge is 2.28. The average molecular weight is 415 g/mol. The fraction of sp³-hybridized carbons (Fsp3) is 0.609. The van der Waals surface area contributed by atoms with Crippen LogP contribution in [0.4, 0.5) is 5.82 Å². The molecule has 164 valence electrons. The van der Waals surface area contributed by atoms with Crippen LogP contribution in [0.5, 0.6) is 0 Å². The lowest BCUT2D eigenvalue weighted by atomic mass is 9.94. The molecule has 1 aromatic carbocycles. The first-order valence-corrected chi connectivity index (χ1v) is 11.1. The Morgan fingerprint density at radius 2 is 1.83 bits per heavy atom. The zero-order valence-corrected chi connectivity index (χ0v) is 17.9. The molecule has 0 saturated carbocycles. The summed E-state index contributed by atoms with van der Waals surface area (Å²) in [5.74, 6) is 1.02. The summed E-state index contributed by atoms with van der Waals surface area (Å²) in [6.07, 6.45) is 0.331. The normalized spacial score (nSPS) is 23.9. The molecule has 3 heterocycles. The number of piperazine rings is 1. The molecule has 1 aromatic heterocycles. The maximum Gasteiger partial charge on any atom is 0.133 e. The molecule has 2 saturated heterocycles. The molecule has 2 atom stereocenters. The van der Waals surface area contributed by atoms with Gasteiger partial charge in [-0.25, -0.2) is 4.98 Å². The van der Waals surface area contributed by atoms with E-state index < -0.39 is 6.10 Å². The van der Waals surface area contributed by atoms with Gasteiger partial charge in [0.1, 0.15) is 5.82 Å². The lowest BCUT2D eigenvalue weighted by molar-refractivity contribution is -0.00442. The summed E-state index contributed by atoms with van der Waals surface area (Å²) in [5, 5.41) is 30.2. The van der Waals surface area contributed by atoms with Gasteiger partial charge in [-0.15, -0.1) is 0 Å². The van der Waals surface area contributed by atoms with Crippen molar-refractivity contribution in [2.45, 2.75) is 26.0 Å². The molecule has 7 nitrogen and oxygen atoms in total. The predicted molar refractivity (Wildman–Crippen MR) is 119 cm³/mol. The number of pyridine rings is 1. The van der Waals surface area contributed by atoms with Gasteiger partial charge in [-0.05, 0) is 37.6 Å². The van der Waals surface area contributed by atoms with Gasteiger partial charge in [-0.2, -0.15) is 0 Å². The van der Waals surface area contributed by atoms with Crippen LogP contribution in [0, 0.1) is 12.8 Å². The number of aryl methyl sites for hydroxylation is 1. The number of aromatic nitrogens is 1. The second-order valence-electron chi connectivity index (χ2n) is 8.75. The average Bonchev–Trinajstić information content (AvgIpc) is 2.74. The molecule has 0 spiro atoms. The topological polar surface area (TPSA) is 83.3 Å². The van der Waals surface area contributed by atoms with Gasteiger partial charge in [0.25, 0.3) is 0 Å². The first-order valence-electron chi connectivity index (χ1n) is 11.1. The maximum absolute atomic E-state index is 10.4. The molecule has 2 aliphatic heterocycles. The van der Waals surface area contributed by atoms with Gasteiger partial charge >= 0.3 is 0 Å². The molecule has 0 bridgehead atoms.